The van der Waals surface area contributed by atoms with Crippen molar-refractivity contribution in [1.29, 1.82) is 0 Å². The molecule has 2 nitrogen and oxygen atoms in total. The van der Waals surface area contributed by atoms with Gasteiger partial charge in [0.05, 0.1) is 6.61 Å². The number of benzene rings is 1. The maximum absolute atomic E-state index is 5.04. The molecule has 0 aliphatic carbocycles. The zero-order valence-corrected chi connectivity index (χ0v) is 12.8. The van der Waals surface area contributed by atoms with Gasteiger partial charge in [-0.3, -0.25) is 0 Å². The minimum absolute atomic E-state index is 0.727. The molecule has 0 aliphatic rings. The lowest BCUT2D eigenvalue weighted by Crippen LogP contribution is -2.19. The van der Waals surface area contributed by atoms with Crippen LogP contribution in [0, 0.1) is 12.8 Å². The maximum Gasteiger partial charge on any atom is 0.0587 e. The molecule has 1 aromatic carbocycles. The van der Waals surface area contributed by atoms with Crippen molar-refractivity contribution in [2.24, 2.45) is 5.92 Å². The zero-order chi connectivity index (χ0) is 13.4. The Hall–Kier alpha value is -0.510. The van der Waals surface area contributed by atoms with Crippen LogP contribution in [0.5, 0.6) is 0 Å². The van der Waals surface area contributed by atoms with Gasteiger partial charge in [-0.05, 0) is 24.5 Å². The van der Waals surface area contributed by atoms with E-state index in [1.54, 1.807) is 7.11 Å². The average molecular weight is 267 g/mol. The van der Waals surface area contributed by atoms with E-state index in [9.17, 15) is 0 Å². The molecule has 18 heavy (non-hydrogen) atoms. The largest absolute Gasteiger partial charge is 0.383 e. The molecule has 0 amide bonds. The summed E-state index contributed by atoms with van der Waals surface area (Å²) >= 11 is 1.96. The van der Waals surface area contributed by atoms with E-state index in [0.717, 1.165) is 25.6 Å². The van der Waals surface area contributed by atoms with Crippen LogP contribution in [0.3, 0.4) is 0 Å². The maximum atomic E-state index is 5.04. The summed E-state index contributed by atoms with van der Waals surface area (Å²) in [5, 5.41) is 3.42. The summed E-state index contributed by atoms with van der Waals surface area (Å²) in [7, 11) is 1.73. The first-order chi connectivity index (χ1) is 8.63. The molecular formula is C15H25NOS. The van der Waals surface area contributed by atoms with Gasteiger partial charge < -0.3 is 10.1 Å². The second-order valence-corrected chi connectivity index (χ2v) is 6.05. The van der Waals surface area contributed by atoms with Gasteiger partial charge in [0, 0.05) is 30.8 Å². The fourth-order valence-electron chi connectivity index (χ4n) is 1.64. The zero-order valence-electron chi connectivity index (χ0n) is 12.0. The Bertz CT molecular complexity index is 352. The first-order valence-corrected chi connectivity index (χ1v) is 7.54. The van der Waals surface area contributed by atoms with Crippen molar-refractivity contribution in [2.75, 3.05) is 26.0 Å². The second-order valence-electron chi connectivity index (χ2n) is 4.99. The monoisotopic (exact) mass is 267 g/mol. The van der Waals surface area contributed by atoms with Crippen LogP contribution >= 0.6 is 11.8 Å². The van der Waals surface area contributed by atoms with Gasteiger partial charge >= 0.3 is 0 Å². The number of hydrogen-bond donors (Lipinski definition) is 1. The lowest BCUT2D eigenvalue weighted by molar-refractivity contribution is 0.199. The van der Waals surface area contributed by atoms with Gasteiger partial charge in [-0.25, -0.2) is 0 Å². The van der Waals surface area contributed by atoms with Gasteiger partial charge in [-0.2, -0.15) is 0 Å². The molecule has 0 heterocycles. The Kier molecular flexibility index (Phi) is 7.40. The van der Waals surface area contributed by atoms with E-state index in [0.29, 0.717) is 0 Å². The summed E-state index contributed by atoms with van der Waals surface area (Å²) in [6.45, 7) is 9.26. The second kappa shape index (κ2) is 8.57. The van der Waals surface area contributed by atoms with Gasteiger partial charge in [-0.15, -0.1) is 11.8 Å². The summed E-state index contributed by atoms with van der Waals surface area (Å²) in [6, 6.07) is 6.72. The summed E-state index contributed by atoms with van der Waals surface area (Å²) in [5.41, 5.74) is 2.73. The third-order valence-corrected chi connectivity index (χ3v) is 4.13. The highest BCUT2D eigenvalue weighted by atomic mass is 32.2. The van der Waals surface area contributed by atoms with E-state index in [1.165, 1.54) is 21.8 Å². The minimum atomic E-state index is 0.727. The first-order valence-electron chi connectivity index (χ1n) is 6.55. The normalized spacial score (nSPS) is 11.2. The number of ether oxygens (including phenoxy) is 1. The van der Waals surface area contributed by atoms with Crippen LogP contribution < -0.4 is 5.32 Å². The van der Waals surface area contributed by atoms with E-state index in [1.807, 2.05) is 11.8 Å². The first kappa shape index (κ1) is 15.5. The molecule has 1 rings (SSSR count). The quantitative estimate of drug-likeness (QED) is 0.575. The number of aryl methyl sites for hydroxylation is 1. The van der Waals surface area contributed by atoms with Gasteiger partial charge in [0.15, 0.2) is 0 Å². The summed E-state index contributed by atoms with van der Waals surface area (Å²) < 4.78 is 5.04. The van der Waals surface area contributed by atoms with Crippen molar-refractivity contribution in [3.8, 4) is 0 Å². The molecule has 0 saturated heterocycles. The van der Waals surface area contributed by atoms with Crippen LogP contribution in [-0.2, 0) is 11.3 Å². The van der Waals surface area contributed by atoms with Crippen LogP contribution in [0.4, 0.5) is 0 Å². The summed E-state index contributed by atoms with van der Waals surface area (Å²) in [6.07, 6.45) is 0. The Labute approximate surface area is 116 Å². The minimum Gasteiger partial charge on any atom is -0.383 e. The van der Waals surface area contributed by atoms with Gasteiger partial charge in [-0.1, -0.05) is 31.5 Å². The van der Waals surface area contributed by atoms with Gasteiger partial charge in [0.1, 0.15) is 0 Å². The van der Waals surface area contributed by atoms with Crippen LogP contribution in [-0.4, -0.2) is 26.0 Å². The SMILES string of the molecule is COCCNCc1cc(C)ccc1SCC(C)C. The molecule has 0 fully saturated rings. The van der Waals surface area contributed by atoms with Crippen LogP contribution in [0.1, 0.15) is 25.0 Å². The summed E-state index contributed by atoms with van der Waals surface area (Å²) in [4.78, 5) is 1.40. The topological polar surface area (TPSA) is 21.3 Å². The smallest absolute Gasteiger partial charge is 0.0587 e. The molecule has 3 heteroatoms. The predicted octanol–water partition coefficient (Wildman–Crippen LogP) is 3.48. The van der Waals surface area contributed by atoms with Crippen molar-refractivity contribution in [2.45, 2.75) is 32.2 Å². The van der Waals surface area contributed by atoms with Crippen molar-refractivity contribution in [1.82, 2.24) is 5.32 Å². The van der Waals surface area contributed by atoms with Crippen LogP contribution in [0.2, 0.25) is 0 Å². The molecule has 0 spiro atoms. The Balaban J connectivity index is 2.58. The number of methoxy groups -OCH3 is 1. The molecule has 0 saturated carbocycles. The molecule has 1 aromatic rings. The molecule has 1 N–H and O–H groups in total. The average Bonchev–Trinajstić information content (AvgIpc) is 2.33. The highest BCUT2D eigenvalue weighted by Crippen LogP contribution is 2.25. The standard InChI is InChI=1S/C15H25NOS/c1-12(2)11-18-15-6-5-13(3)9-14(15)10-16-7-8-17-4/h5-6,9,12,16H,7-8,10-11H2,1-4H3. The lowest BCUT2D eigenvalue weighted by Gasteiger charge is -2.12. The third-order valence-electron chi connectivity index (χ3n) is 2.59. The number of nitrogens with one attached hydrogen (secondary N) is 1. The van der Waals surface area contributed by atoms with Gasteiger partial charge in [0.2, 0.25) is 0 Å². The third kappa shape index (κ3) is 5.89. The Morgan fingerprint density at radius 3 is 2.78 bits per heavy atom. The van der Waals surface area contributed by atoms with E-state index in [-0.39, 0.29) is 0 Å². The van der Waals surface area contributed by atoms with Gasteiger partial charge in [0.25, 0.3) is 0 Å². The highest BCUT2D eigenvalue weighted by Gasteiger charge is 2.04. The number of rotatable bonds is 8. The lowest BCUT2D eigenvalue weighted by atomic mass is 10.1. The number of hydrogen-bond acceptors (Lipinski definition) is 3. The molecule has 0 radical (unpaired) electrons. The van der Waals surface area contributed by atoms with Crippen molar-refractivity contribution >= 4 is 11.8 Å². The molecular weight excluding hydrogens is 242 g/mol. The van der Waals surface area contributed by atoms with Crippen LogP contribution in [0.15, 0.2) is 23.1 Å². The Morgan fingerprint density at radius 1 is 1.33 bits per heavy atom. The van der Waals surface area contributed by atoms with Crippen molar-refractivity contribution < 1.29 is 4.74 Å². The molecule has 0 bridgehead atoms. The van der Waals surface area contributed by atoms with E-state index >= 15 is 0 Å². The van der Waals surface area contributed by atoms with E-state index < -0.39 is 0 Å². The number of thioether (sulfide) groups is 1. The molecule has 0 unspecified atom stereocenters. The fraction of sp³-hybridized carbons (Fsp3) is 0.600. The highest BCUT2D eigenvalue weighted by molar-refractivity contribution is 7.99. The Morgan fingerprint density at radius 2 is 2.11 bits per heavy atom. The predicted molar refractivity (Wildman–Crippen MR) is 80.3 cm³/mol. The molecule has 0 aliphatic heterocycles. The molecule has 0 aromatic heterocycles. The molecule has 0 atom stereocenters. The van der Waals surface area contributed by atoms with Crippen molar-refractivity contribution in [3.05, 3.63) is 29.3 Å². The van der Waals surface area contributed by atoms with E-state index in [4.69, 9.17) is 4.74 Å². The fourth-order valence-corrected chi connectivity index (χ4v) is 2.63. The van der Waals surface area contributed by atoms with Crippen molar-refractivity contribution in [3.63, 3.8) is 0 Å². The summed E-state index contributed by atoms with van der Waals surface area (Å²) in [5.74, 6) is 1.90. The van der Waals surface area contributed by atoms with E-state index in [2.05, 4.69) is 44.3 Å². The van der Waals surface area contributed by atoms with Crippen LogP contribution in [0.25, 0.3) is 0 Å². The molecule has 102 valence electrons.